The van der Waals surface area contributed by atoms with Crippen LogP contribution in [0.15, 0.2) is 29.2 Å². The Morgan fingerprint density at radius 2 is 1.41 bits per heavy atom. The van der Waals surface area contributed by atoms with E-state index in [0.717, 1.165) is 16.5 Å². The lowest BCUT2D eigenvalue weighted by molar-refractivity contribution is 0.463. The van der Waals surface area contributed by atoms with Crippen LogP contribution in [0.25, 0.3) is 10.8 Å². The minimum absolute atomic E-state index is 0.0869. The zero-order chi connectivity index (χ0) is 12.8. The van der Waals surface area contributed by atoms with Crippen LogP contribution in [0.2, 0.25) is 0 Å². The second kappa shape index (κ2) is 3.82. The molecule has 0 aromatic heterocycles. The molecule has 0 aliphatic heterocycles. The van der Waals surface area contributed by atoms with Crippen molar-refractivity contribution in [1.82, 2.24) is 0 Å². The summed E-state index contributed by atoms with van der Waals surface area (Å²) in [5, 5.41) is 1.34. The second-order valence-electron chi connectivity index (χ2n) is 4.20. The molecule has 0 fully saturated rings. The molecule has 0 saturated heterocycles. The summed E-state index contributed by atoms with van der Waals surface area (Å²) in [6.07, 6.45) is 0. The normalized spacial score (nSPS) is 12.0. The Morgan fingerprint density at radius 1 is 0.882 bits per heavy atom. The lowest BCUT2D eigenvalue weighted by Gasteiger charge is -2.18. The predicted molar refractivity (Wildman–Crippen MR) is 66.1 cm³/mol. The van der Waals surface area contributed by atoms with Crippen molar-refractivity contribution < 1.29 is 13.0 Å². The van der Waals surface area contributed by atoms with Crippen LogP contribution < -0.4 is 0 Å². The molecule has 0 unspecified atom stereocenters. The number of hydrogen-bond donors (Lipinski definition) is 0. The third-order valence-corrected chi connectivity index (χ3v) is 4.32. The van der Waals surface area contributed by atoms with Gasteiger partial charge in [0.2, 0.25) is 0 Å². The molecule has 0 aliphatic rings. The van der Waals surface area contributed by atoms with Gasteiger partial charge < -0.3 is 4.55 Å². The van der Waals surface area contributed by atoms with Crippen molar-refractivity contribution in [2.75, 3.05) is 0 Å². The van der Waals surface area contributed by atoms with Gasteiger partial charge in [-0.25, -0.2) is 8.42 Å². The third-order valence-electron chi connectivity index (χ3n) is 3.29. The van der Waals surface area contributed by atoms with Crippen molar-refractivity contribution in [3.05, 3.63) is 41.0 Å². The number of rotatable bonds is 1. The van der Waals surface area contributed by atoms with Gasteiger partial charge in [0.05, 0.1) is 4.90 Å². The second-order valence-corrected chi connectivity index (χ2v) is 5.52. The first kappa shape index (κ1) is 12.1. The highest BCUT2D eigenvalue weighted by Gasteiger charge is 2.15. The molecule has 2 rings (SSSR count). The van der Waals surface area contributed by atoms with Crippen molar-refractivity contribution in [2.45, 2.75) is 25.7 Å². The zero-order valence-corrected chi connectivity index (χ0v) is 10.8. The molecule has 0 atom stereocenters. The van der Waals surface area contributed by atoms with E-state index in [2.05, 4.69) is 0 Å². The van der Waals surface area contributed by atoms with Gasteiger partial charge in [0, 0.05) is 0 Å². The molecule has 3 nitrogen and oxygen atoms in total. The van der Waals surface area contributed by atoms with Crippen molar-refractivity contribution in [3.8, 4) is 0 Å². The minimum Gasteiger partial charge on any atom is -0.744 e. The van der Waals surface area contributed by atoms with Crippen LogP contribution in [0, 0.1) is 20.8 Å². The lowest BCUT2D eigenvalue weighted by atomic mass is 9.96. The molecule has 0 N–H and O–H groups in total. The van der Waals surface area contributed by atoms with E-state index in [1.807, 2.05) is 26.0 Å². The van der Waals surface area contributed by atoms with Crippen molar-refractivity contribution >= 4 is 20.9 Å². The molecule has 0 radical (unpaired) electrons. The molecule has 17 heavy (non-hydrogen) atoms. The smallest absolute Gasteiger partial charge is 0.125 e. The topological polar surface area (TPSA) is 57.2 Å². The molecule has 0 amide bonds. The molecule has 2 aromatic carbocycles. The highest BCUT2D eigenvalue weighted by molar-refractivity contribution is 7.86. The van der Waals surface area contributed by atoms with E-state index in [1.54, 1.807) is 19.1 Å². The fourth-order valence-corrected chi connectivity index (χ4v) is 3.16. The Hall–Kier alpha value is -1.39. The molecule has 0 spiro atoms. The fraction of sp³-hybridized carbons (Fsp3) is 0.231. The molecule has 0 aliphatic carbocycles. The first-order valence-electron chi connectivity index (χ1n) is 5.28. The van der Waals surface area contributed by atoms with Crippen LogP contribution in [0.4, 0.5) is 0 Å². The maximum atomic E-state index is 11.4. The third kappa shape index (κ3) is 1.83. The van der Waals surface area contributed by atoms with Crippen molar-refractivity contribution in [1.29, 1.82) is 0 Å². The summed E-state index contributed by atoms with van der Waals surface area (Å²) in [7, 11) is -4.45. The van der Waals surface area contributed by atoms with E-state index in [0.29, 0.717) is 10.9 Å². The first-order chi connectivity index (χ1) is 7.84. The average Bonchev–Trinajstić information content (AvgIpc) is 2.24. The summed E-state index contributed by atoms with van der Waals surface area (Å²) in [5.74, 6) is 0. The summed E-state index contributed by atoms with van der Waals surface area (Å²) in [6, 6.07) is 7.10. The van der Waals surface area contributed by atoms with Gasteiger partial charge in [-0.3, -0.25) is 0 Å². The Kier molecular flexibility index (Phi) is 2.72. The summed E-state index contributed by atoms with van der Waals surface area (Å²) < 4.78 is 34.1. The Morgan fingerprint density at radius 3 is 1.94 bits per heavy atom. The van der Waals surface area contributed by atoms with Crippen molar-refractivity contribution in [3.63, 3.8) is 0 Å². The standard InChI is InChI=1S/C13H14O3S/c1-8-9(2)11-6-4-5-7-12(11)13(10(8)3)17(14,15)16/h4-7H,1-3H3,(H,14,15,16)/p-1. The van der Waals surface area contributed by atoms with Gasteiger partial charge in [0.1, 0.15) is 10.1 Å². The van der Waals surface area contributed by atoms with Crippen LogP contribution in [0.5, 0.6) is 0 Å². The van der Waals surface area contributed by atoms with Crippen LogP contribution in [-0.2, 0) is 10.1 Å². The monoisotopic (exact) mass is 249 g/mol. The van der Waals surface area contributed by atoms with Gasteiger partial charge in [-0.05, 0) is 48.2 Å². The number of fused-ring (bicyclic) bond motifs is 1. The number of aryl methyl sites for hydroxylation is 1. The molecule has 90 valence electrons. The van der Waals surface area contributed by atoms with E-state index in [1.165, 1.54) is 0 Å². The molecule has 4 heteroatoms. The summed E-state index contributed by atoms with van der Waals surface area (Å²) in [4.78, 5) is -0.0869. The van der Waals surface area contributed by atoms with Crippen LogP contribution in [-0.4, -0.2) is 13.0 Å². The largest absolute Gasteiger partial charge is 0.744 e. The predicted octanol–water partition coefficient (Wildman–Crippen LogP) is 2.67. The zero-order valence-electron chi connectivity index (χ0n) is 9.94. The maximum absolute atomic E-state index is 11.4. The lowest BCUT2D eigenvalue weighted by Crippen LogP contribution is -2.05. The summed E-state index contributed by atoms with van der Waals surface area (Å²) in [6.45, 7) is 5.46. The SMILES string of the molecule is Cc1c(C)c(S(=O)(=O)[O-])c2ccccc2c1C. The van der Waals surface area contributed by atoms with Crippen LogP contribution in [0.3, 0.4) is 0 Å². The number of hydrogen-bond acceptors (Lipinski definition) is 3. The van der Waals surface area contributed by atoms with E-state index in [9.17, 15) is 13.0 Å². The quantitative estimate of drug-likeness (QED) is 0.730. The molecule has 0 bridgehead atoms. The summed E-state index contributed by atoms with van der Waals surface area (Å²) in [5.41, 5.74) is 2.43. The molecular formula is C13H13O3S-. The van der Waals surface area contributed by atoms with Gasteiger partial charge in [-0.1, -0.05) is 24.3 Å². The first-order valence-corrected chi connectivity index (χ1v) is 6.69. The fourth-order valence-electron chi connectivity index (χ4n) is 2.19. The van der Waals surface area contributed by atoms with E-state index in [-0.39, 0.29) is 4.90 Å². The molecule has 0 heterocycles. The molecular weight excluding hydrogens is 236 g/mol. The van der Waals surface area contributed by atoms with Gasteiger partial charge in [-0.2, -0.15) is 0 Å². The van der Waals surface area contributed by atoms with Gasteiger partial charge in [0.15, 0.2) is 0 Å². The van der Waals surface area contributed by atoms with Crippen molar-refractivity contribution in [2.24, 2.45) is 0 Å². The van der Waals surface area contributed by atoms with Gasteiger partial charge in [0.25, 0.3) is 0 Å². The van der Waals surface area contributed by atoms with E-state index >= 15 is 0 Å². The minimum atomic E-state index is -4.45. The van der Waals surface area contributed by atoms with Gasteiger partial charge in [-0.15, -0.1) is 0 Å². The highest BCUT2D eigenvalue weighted by Crippen LogP contribution is 2.32. The average molecular weight is 249 g/mol. The van der Waals surface area contributed by atoms with E-state index in [4.69, 9.17) is 0 Å². The summed E-state index contributed by atoms with van der Waals surface area (Å²) >= 11 is 0. The van der Waals surface area contributed by atoms with E-state index < -0.39 is 10.1 Å². The van der Waals surface area contributed by atoms with Crippen LogP contribution >= 0.6 is 0 Å². The van der Waals surface area contributed by atoms with Gasteiger partial charge >= 0.3 is 0 Å². The molecule has 0 saturated carbocycles. The Balaban J connectivity index is 3.12. The Labute approximate surface area is 101 Å². The highest BCUT2D eigenvalue weighted by atomic mass is 32.2. The van der Waals surface area contributed by atoms with Crippen LogP contribution in [0.1, 0.15) is 16.7 Å². The molecule has 2 aromatic rings. The Bertz CT molecular complexity index is 700. The maximum Gasteiger partial charge on any atom is 0.125 e. The number of benzene rings is 2.